The molecular formula is C18H21N3O3. The van der Waals surface area contributed by atoms with Crippen LogP contribution < -0.4 is 4.74 Å². The second kappa shape index (κ2) is 6.95. The van der Waals surface area contributed by atoms with Crippen molar-refractivity contribution >= 4 is 11.5 Å². The van der Waals surface area contributed by atoms with E-state index in [-0.39, 0.29) is 11.5 Å². The highest BCUT2D eigenvalue weighted by Gasteiger charge is 2.23. The van der Waals surface area contributed by atoms with Crippen LogP contribution in [-0.2, 0) is 0 Å². The van der Waals surface area contributed by atoms with E-state index in [1.54, 1.807) is 12.3 Å². The number of carbonyl (C=O) groups excluding carboxylic acids is 1. The van der Waals surface area contributed by atoms with Gasteiger partial charge < -0.3 is 9.30 Å². The van der Waals surface area contributed by atoms with E-state index in [0.717, 1.165) is 18.7 Å². The Hall–Kier alpha value is -2.50. The van der Waals surface area contributed by atoms with Crippen LogP contribution in [-0.4, -0.2) is 22.4 Å². The third-order valence-corrected chi connectivity index (χ3v) is 4.67. The SMILES string of the molecule is COc1cc(-n2ccnc2C2CCCCC2)c(N=O)cc1C(C)=O. The molecule has 1 saturated carbocycles. The van der Waals surface area contributed by atoms with E-state index in [0.29, 0.717) is 22.9 Å². The van der Waals surface area contributed by atoms with Crippen LogP contribution in [0.5, 0.6) is 5.75 Å². The molecule has 0 aliphatic heterocycles. The fraction of sp³-hybridized carbons (Fsp3) is 0.444. The van der Waals surface area contributed by atoms with Gasteiger partial charge in [-0.25, -0.2) is 4.98 Å². The summed E-state index contributed by atoms with van der Waals surface area (Å²) in [5, 5.41) is 3.12. The van der Waals surface area contributed by atoms with Crippen LogP contribution in [0.25, 0.3) is 5.69 Å². The molecule has 0 amide bonds. The lowest BCUT2D eigenvalue weighted by Crippen LogP contribution is -2.11. The van der Waals surface area contributed by atoms with Crippen LogP contribution >= 0.6 is 0 Å². The number of aromatic nitrogens is 2. The van der Waals surface area contributed by atoms with E-state index in [1.165, 1.54) is 39.4 Å². The number of imidazole rings is 1. The number of ether oxygens (including phenoxy) is 1. The Labute approximate surface area is 140 Å². The molecule has 24 heavy (non-hydrogen) atoms. The summed E-state index contributed by atoms with van der Waals surface area (Å²) in [5.74, 6) is 1.60. The van der Waals surface area contributed by atoms with Crippen molar-refractivity contribution < 1.29 is 9.53 Å². The van der Waals surface area contributed by atoms with Crippen molar-refractivity contribution in [2.45, 2.75) is 44.9 Å². The molecule has 6 nitrogen and oxygen atoms in total. The second-order valence-corrected chi connectivity index (χ2v) is 6.18. The summed E-state index contributed by atoms with van der Waals surface area (Å²) in [6.45, 7) is 1.44. The number of nitroso groups, excluding NO2 is 1. The van der Waals surface area contributed by atoms with Gasteiger partial charge in [0, 0.05) is 24.4 Å². The monoisotopic (exact) mass is 327 g/mol. The number of Topliss-reactive ketones (excluding diaryl/α,β-unsaturated/α-hetero) is 1. The van der Waals surface area contributed by atoms with Crippen molar-refractivity contribution in [2.75, 3.05) is 7.11 Å². The van der Waals surface area contributed by atoms with Gasteiger partial charge in [-0.3, -0.25) is 4.79 Å². The van der Waals surface area contributed by atoms with Gasteiger partial charge in [-0.2, -0.15) is 0 Å². The van der Waals surface area contributed by atoms with Crippen molar-refractivity contribution in [3.8, 4) is 11.4 Å². The molecule has 1 aromatic heterocycles. The molecule has 3 rings (SSSR count). The molecule has 0 unspecified atom stereocenters. The highest BCUT2D eigenvalue weighted by Crippen LogP contribution is 2.37. The van der Waals surface area contributed by atoms with Gasteiger partial charge in [0.25, 0.3) is 0 Å². The molecule has 0 saturated heterocycles. The first-order chi connectivity index (χ1) is 11.7. The molecule has 1 aliphatic carbocycles. The lowest BCUT2D eigenvalue weighted by atomic mass is 9.88. The molecule has 0 radical (unpaired) electrons. The summed E-state index contributed by atoms with van der Waals surface area (Å²) >= 11 is 0. The standard InChI is InChI=1S/C18H21N3O3/c1-12(22)14-10-15(20-23)16(11-17(14)24-2)21-9-8-19-18(21)13-6-4-3-5-7-13/h8-11,13H,3-7H2,1-2H3. The number of ketones is 1. The number of benzene rings is 1. The Morgan fingerprint density at radius 1 is 1.29 bits per heavy atom. The van der Waals surface area contributed by atoms with Gasteiger partial charge in [0.05, 0.1) is 18.4 Å². The van der Waals surface area contributed by atoms with Gasteiger partial charge in [-0.05, 0) is 31.0 Å². The average Bonchev–Trinajstić information content (AvgIpc) is 3.10. The minimum atomic E-state index is -0.165. The molecule has 0 bridgehead atoms. The molecule has 126 valence electrons. The van der Waals surface area contributed by atoms with Crippen LogP contribution in [0, 0.1) is 4.91 Å². The van der Waals surface area contributed by atoms with Crippen LogP contribution in [0.3, 0.4) is 0 Å². The third-order valence-electron chi connectivity index (χ3n) is 4.67. The Balaban J connectivity index is 2.11. The van der Waals surface area contributed by atoms with E-state index in [1.807, 2.05) is 10.8 Å². The van der Waals surface area contributed by atoms with Crippen molar-refractivity contribution in [2.24, 2.45) is 5.18 Å². The predicted octanol–water partition coefficient (Wildman–Crippen LogP) is 4.53. The van der Waals surface area contributed by atoms with Gasteiger partial charge in [0.1, 0.15) is 17.3 Å². The van der Waals surface area contributed by atoms with Crippen LogP contribution in [0.15, 0.2) is 29.7 Å². The Kier molecular flexibility index (Phi) is 4.74. The largest absolute Gasteiger partial charge is 0.496 e. The number of carbonyl (C=O) groups is 1. The normalized spacial score (nSPS) is 15.2. The minimum absolute atomic E-state index is 0.165. The fourth-order valence-corrected chi connectivity index (χ4v) is 3.45. The van der Waals surface area contributed by atoms with E-state index in [9.17, 15) is 9.70 Å². The van der Waals surface area contributed by atoms with E-state index in [2.05, 4.69) is 10.2 Å². The molecule has 2 aromatic rings. The maximum absolute atomic E-state index is 11.8. The lowest BCUT2D eigenvalue weighted by Gasteiger charge is -2.22. The van der Waals surface area contributed by atoms with Crippen molar-refractivity contribution in [1.82, 2.24) is 9.55 Å². The number of methoxy groups -OCH3 is 1. The summed E-state index contributed by atoms with van der Waals surface area (Å²) in [6, 6.07) is 3.19. The van der Waals surface area contributed by atoms with Crippen molar-refractivity contribution in [3.05, 3.63) is 40.8 Å². The fourth-order valence-electron chi connectivity index (χ4n) is 3.45. The first-order valence-electron chi connectivity index (χ1n) is 8.25. The van der Waals surface area contributed by atoms with Crippen LogP contribution in [0.1, 0.15) is 61.1 Å². The van der Waals surface area contributed by atoms with Gasteiger partial charge in [-0.15, -0.1) is 4.91 Å². The molecule has 6 heteroatoms. The molecule has 1 aromatic carbocycles. The zero-order valence-electron chi connectivity index (χ0n) is 14.0. The summed E-state index contributed by atoms with van der Waals surface area (Å²) in [4.78, 5) is 27.6. The maximum Gasteiger partial charge on any atom is 0.163 e. The average molecular weight is 327 g/mol. The Morgan fingerprint density at radius 3 is 2.67 bits per heavy atom. The summed E-state index contributed by atoms with van der Waals surface area (Å²) in [5.41, 5.74) is 1.18. The highest BCUT2D eigenvalue weighted by atomic mass is 16.5. The van der Waals surface area contributed by atoms with Gasteiger partial charge in [0.2, 0.25) is 0 Å². The minimum Gasteiger partial charge on any atom is -0.496 e. The highest BCUT2D eigenvalue weighted by molar-refractivity contribution is 5.98. The maximum atomic E-state index is 11.8. The van der Waals surface area contributed by atoms with Crippen molar-refractivity contribution in [3.63, 3.8) is 0 Å². The van der Waals surface area contributed by atoms with Crippen LogP contribution in [0.2, 0.25) is 0 Å². The van der Waals surface area contributed by atoms with Crippen LogP contribution in [0.4, 0.5) is 5.69 Å². The molecule has 1 aliphatic rings. The molecule has 0 N–H and O–H groups in total. The second-order valence-electron chi connectivity index (χ2n) is 6.18. The predicted molar refractivity (Wildman–Crippen MR) is 91.4 cm³/mol. The summed E-state index contributed by atoms with van der Waals surface area (Å²) in [7, 11) is 1.51. The van der Waals surface area contributed by atoms with E-state index in [4.69, 9.17) is 4.74 Å². The Bertz CT molecular complexity index is 761. The number of hydrogen-bond donors (Lipinski definition) is 0. The molecule has 1 heterocycles. The molecular weight excluding hydrogens is 306 g/mol. The third kappa shape index (κ3) is 2.96. The molecule has 1 fully saturated rings. The van der Waals surface area contributed by atoms with E-state index < -0.39 is 0 Å². The lowest BCUT2D eigenvalue weighted by molar-refractivity contribution is 0.101. The quantitative estimate of drug-likeness (QED) is 0.597. The first-order valence-corrected chi connectivity index (χ1v) is 8.25. The smallest absolute Gasteiger partial charge is 0.163 e. The molecule has 0 atom stereocenters. The van der Waals surface area contributed by atoms with Gasteiger partial charge in [0.15, 0.2) is 5.78 Å². The van der Waals surface area contributed by atoms with Gasteiger partial charge >= 0.3 is 0 Å². The topological polar surface area (TPSA) is 73.5 Å². The molecule has 0 spiro atoms. The number of rotatable bonds is 5. The first kappa shape index (κ1) is 16.4. The Morgan fingerprint density at radius 2 is 2.04 bits per heavy atom. The van der Waals surface area contributed by atoms with Gasteiger partial charge in [-0.1, -0.05) is 19.3 Å². The van der Waals surface area contributed by atoms with E-state index >= 15 is 0 Å². The zero-order valence-corrected chi connectivity index (χ0v) is 14.0. The van der Waals surface area contributed by atoms with Crippen molar-refractivity contribution in [1.29, 1.82) is 0 Å². The summed E-state index contributed by atoms with van der Waals surface area (Å²) < 4.78 is 7.23. The zero-order chi connectivity index (χ0) is 17.1. The number of hydrogen-bond acceptors (Lipinski definition) is 5. The number of nitrogens with zero attached hydrogens (tertiary/aromatic N) is 3. The summed E-state index contributed by atoms with van der Waals surface area (Å²) in [6.07, 6.45) is 9.43.